The molecule has 1 fully saturated rings. The van der Waals surface area contributed by atoms with Crippen LogP contribution in [0.15, 0.2) is 30.3 Å². The number of nitrogens with one attached hydrogen (secondary N) is 1. The summed E-state index contributed by atoms with van der Waals surface area (Å²) >= 11 is 0. The number of benzene rings is 1. The van der Waals surface area contributed by atoms with Gasteiger partial charge >= 0.3 is 6.09 Å². The Hall–Kier alpha value is -1.63. The van der Waals surface area contributed by atoms with E-state index in [2.05, 4.69) is 47.5 Å². The monoisotopic (exact) mass is 391 g/mol. The van der Waals surface area contributed by atoms with Crippen LogP contribution in [-0.4, -0.2) is 73.5 Å². The second kappa shape index (κ2) is 11.4. The van der Waals surface area contributed by atoms with Crippen molar-refractivity contribution in [3.8, 4) is 0 Å². The molecule has 0 saturated carbocycles. The third-order valence-electron chi connectivity index (χ3n) is 4.57. The Morgan fingerprint density at radius 2 is 2.00 bits per heavy atom. The molecule has 2 rings (SSSR count). The van der Waals surface area contributed by atoms with Crippen molar-refractivity contribution >= 4 is 6.09 Å². The number of rotatable bonds is 9. The lowest BCUT2D eigenvalue weighted by Crippen LogP contribution is -2.55. The number of amides is 1. The molecule has 0 aromatic heterocycles. The number of nitrogens with zero attached hydrogens (tertiary/aromatic N) is 2. The van der Waals surface area contributed by atoms with Crippen LogP contribution >= 0.6 is 0 Å². The molecule has 0 aliphatic carbocycles. The zero-order valence-electron chi connectivity index (χ0n) is 17.9. The highest BCUT2D eigenvalue weighted by atomic mass is 16.6. The van der Waals surface area contributed by atoms with E-state index in [1.165, 1.54) is 5.56 Å². The molecule has 0 spiro atoms. The van der Waals surface area contributed by atoms with Gasteiger partial charge in [0.05, 0.1) is 13.2 Å². The summed E-state index contributed by atoms with van der Waals surface area (Å²) in [6, 6.07) is 10.7. The zero-order chi connectivity index (χ0) is 20.4. The van der Waals surface area contributed by atoms with Crippen LogP contribution in [0.25, 0.3) is 0 Å². The van der Waals surface area contributed by atoms with E-state index in [0.717, 1.165) is 32.6 Å². The summed E-state index contributed by atoms with van der Waals surface area (Å²) < 4.78 is 11.4. The smallest absolute Gasteiger partial charge is 0.410 e. The van der Waals surface area contributed by atoms with E-state index in [0.29, 0.717) is 26.3 Å². The van der Waals surface area contributed by atoms with Crippen molar-refractivity contribution in [3.05, 3.63) is 35.9 Å². The molecule has 28 heavy (non-hydrogen) atoms. The van der Waals surface area contributed by atoms with E-state index in [1.807, 2.05) is 20.8 Å². The van der Waals surface area contributed by atoms with E-state index in [9.17, 15) is 4.79 Å². The first-order valence-electron chi connectivity index (χ1n) is 10.4. The molecule has 0 radical (unpaired) electrons. The fourth-order valence-electron chi connectivity index (χ4n) is 3.28. The Morgan fingerprint density at radius 3 is 2.68 bits per heavy atom. The van der Waals surface area contributed by atoms with Gasteiger partial charge in [-0.1, -0.05) is 37.3 Å². The van der Waals surface area contributed by atoms with Gasteiger partial charge in [0.15, 0.2) is 0 Å². The third kappa shape index (κ3) is 8.59. The number of carbonyl (C=O) groups is 1. The maximum absolute atomic E-state index is 12.3. The maximum atomic E-state index is 12.3. The van der Waals surface area contributed by atoms with E-state index >= 15 is 0 Å². The van der Waals surface area contributed by atoms with Gasteiger partial charge in [-0.15, -0.1) is 0 Å². The second-order valence-electron chi connectivity index (χ2n) is 8.41. The lowest BCUT2D eigenvalue weighted by atomic mass is 10.2. The van der Waals surface area contributed by atoms with Gasteiger partial charge in [-0.3, -0.25) is 4.90 Å². The van der Waals surface area contributed by atoms with Crippen molar-refractivity contribution in [1.82, 2.24) is 15.1 Å². The summed E-state index contributed by atoms with van der Waals surface area (Å²) in [6.07, 6.45) is 0.887. The van der Waals surface area contributed by atoms with Crippen LogP contribution in [0.4, 0.5) is 4.79 Å². The predicted molar refractivity (Wildman–Crippen MR) is 112 cm³/mol. The van der Waals surface area contributed by atoms with Crippen LogP contribution in [0.1, 0.15) is 39.7 Å². The molecule has 1 saturated heterocycles. The predicted octanol–water partition coefficient (Wildman–Crippen LogP) is 3.12. The fraction of sp³-hybridized carbons (Fsp3) is 0.682. The summed E-state index contributed by atoms with van der Waals surface area (Å²) in [7, 11) is 0. The van der Waals surface area contributed by atoms with Gasteiger partial charge < -0.3 is 19.7 Å². The van der Waals surface area contributed by atoms with E-state index in [4.69, 9.17) is 9.47 Å². The second-order valence-corrected chi connectivity index (χ2v) is 8.41. The molecule has 1 heterocycles. The van der Waals surface area contributed by atoms with Crippen LogP contribution < -0.4 is 5.32 Å². The first kappa shape index (κ1) is 22.7. The van der Waals surface area contributed by atoms with Gasteiger partial charge in [-0.25, -0.2) is 4.79 Å². The van der Waals surface area contributed by atoms with Gasteiger partial charge in [-0.2, -0.15) is 0 Å². The highest BCUT2D eigenvalue weighted by molar-refractivity contribution is 5.68. The molecule has 158 valence electrons. The molecule has 6 heteroatoms. The largest absolute Gasteiger partial charge is 0.444 e. The van der Waals surface area contributed by atoms with Crippen molar-refractivity contribution in [2.24, 2.45) is 0 Å². The Bertz CT molecular complexity index is 574. The minimum atomic E-state index is -0.463. The zero-order valence-corrected chi connectivity index (χ0v) is 17.9. The highest BCUT2D eigenvalue weighted by Crippen LogP contribution is 2.11. The number of piperazine rings is 1. The molecular formula is C22H37N3O3. The van der Waals surface area contributed by atoms with Gasteiger partial charge in [0.25, 0.3) is 0 Å². The van der Waals surface area contributed by atoms with Crippen molar-refractivity contribution in [2.45, 2.75) is 52.3 Å². The van der Waals surface area contributed by atoms with Crippen molar-refractivity contribution in [3.63, 3.8) is 0 Å². The topological polar surface area (TPSA) is 54.0 Å². The fourth-order valence-corrected chi connectivity index (χ4v) is 3.28. The van der Waals surface area contributed by atoms with Crippen molar-refractivity contribution in [2.75, 3.05) is 45.9 Å². The minimum Gasteiger partial charge on any atom is -0.444 e. The summed E-state index contributed by atoms with van der Waals surface area (Å²) in [5.74, 6) is 0. The van der Waals surface area contributed by atoms with Crippen molar-refractivity contribution < 1.29 is 14.3 Å². The molecule has 1 unspecified atom stereocenters. The molecule has 1 aliphatic heterocycles. The normalized spacial score (nSPS) is 17.8. The average Bonchev–Trinajstić information content (AvgIpc) is 2.65. The van der Waals surface area contributed by atoms with Crippen LogP contribution in [-0.2, 0) is 16.0 Å². The Morgan fingerprint density at radius 1 is 1.25 bits per heavy atom. The summed E-state index contributed by atoms with van der Waals surface area (Å²) in [5, 5.41) is 3.43. The maximum Gasteiger partial charge on any atom is 0.410 e. The standard InChI is InChI=1S/C22H37N3O3/c1-5-12-24(16-19-9-7-6-8-10-19)14-15-27-18-20-17-25(13-11-23-20)21(26)28-22(2,3)4/h6-10,20,23H,5,11-18H2,1-4H3. The van der Waals surface area contributed by atoms with Gasteiger partial charge in [-0.05, 0) is 39.3 Å². The Balaban J connectivity index is 1.70. The summed E-state index contributed by atoms with van der Waals surface area (Å²) in [4.78, 5) is 16.5. The molecular weight excluding hydrogens is 354 g/mol. The molecule has 1 aromatic carbocycles. The summed E-state index contributed by atoms with van der Waals surface area (Å²) in [5.41, 5.74) is 0.869. The number of hydrogen-bond donors (Lipinski definition) is 1. The van der Waals surface area contributed by atoms with Crippen molar-refractivity contribution in [1.29, 1.82) is 0 Å². The quantitative estimate of drug-likeness (QED) is 0.656. The van der Waals surface area contributed by atoms with Crippen LogP contribution in [0.5, 0.6) is 0 Å². The van der Waals surface area contributed by atoms with Crippen LogP contribution in [0.2, 0.25) is 0 Å². The molecule has 1 amide bonds. The SMILES string of the molecule is CCCN(CCOCC1CN(C(=O)OC(C)(C)C)CCN1)Cc1ccccc1. The van der Waals surface area contributed by atoms with Crippen LogP contribution in [0, 0.1) is 0 Å². The third-order valence-corrected chi connectivity index (χ3v) is 4.57. The van der Waals surface area contributed by atoms with E-state index in [1.54, 1.807) is 4.90 Å². The molecule has 1 atom stereocenters. The number of carbonyl (C=O) groups excluding carboxylic acids is 1. The van der Waals surface area contributed by atoms with Gasteiger partial charge in [0.1, 0.15) is 5.60 Å². The molecule has 1 N–H and O–H groups in total. The number of ether oxygens (including phenoxy) is 2. The summed E-state index contributed by atoms with van der Waals surface area (Å²) in [6.45, 7) is 14.2. The molecule has 1 aromatic rings. The Labute approximate surface area is 170 Å². The van der Waals surface area contributed by atoms with E-state index < -0.39 is 5.60 Å². The van der Waals surface area contributed by atoms with Gasteiger partial charge in [0, 0.05) is 38.8 Å². The van der Waals surface area contributed by atoms with Crippen LogP contribution in [0.3, 0.4) is 0 Å². The lowest BCUT2D eigenvalue weighted by Gasteiger charge is -2.34. The van der Waals surface area contributed by atoms with E-state index in [-0.39, 0.29) is 12.1 Å². The molecule has 0 bridgehead atoms. The number of hydrogen-bond acceptors (Lipinski definition) is 5. The Kier molecular flexibility index (Phi) is 9.22. The first-order valence-corrected chi connectivity index (χ1v) is 10.4. The molecule has 1 aliphatic rings. The average molecular weight is 392 g/mol. The highest BCUT2D eigenvalue weighted by Gasteiger charge is 2.27. The lowest BCUT2D eigenvalue weighted by molar-refractivity contribution is 0.0126. The first-order chi connectivity index (χ1) is 13.4. The van der Waals surface area contributed by atoms with Gasteiger partial charge in [0.2, 0.25) is 0 Å². The minimum absolute atomic E-state index is 0.148. The molecule has 6 nitrogen and oxygen atoms in total.